The van der Waals surface area contributed by atoms with E-state index in [-0.39, 0.29) is 16.8 Å². The molecule has 0 saturated heterocycles. The highest BCUT2D eigenvalue weighted by atomic mass is 32.1. The summed E-state index contributed by atoms with van der Waals surface area (Å²) in [4.78, 5) is 13.5. The molecular formula is C10H8F3N3OS. The number of carbonyl (C=O) groups excluding carboxylic acids is 1. The Morgan fingerprint density at radius 3 is 2.67 bits per heavy atom. The number of primary amides is 1. The van der Waals surface area contributed by atoms with E-state index in [4.69, 9.17) is 18.0 Å². The molecule has 0 aliphatic rings. The Kier molecular flexibility index (Phi) is 2.89. The van der Waals surface area contributed by atoms with Gasteiger partial charge in [-0.25, -0.2) is 0 Å². The van der Waals surface area contributed by atoms with Crippen LogP contribution in [0.4, 0.5) is 13.2 Å². The summed E-state index contributed by atoms with van der Waals surface area (Å²) in [5, 5.41) is 0. The second kappa shape index (κ2) is 4.13. The van der Waals surface area contributed by atoms with Crippen LogP contribution in [-0.2, 0) is 17.5 Å². The molecule has 96 valence electrons. The molecule has 0 bridgehead atoms. The number of rotatable bonds is 2. The minimum Gasteiger partial charge on any atom is -0.368 e. The van der Waals surface area contributed by atoms with Gasteiger partial charge in [0.1, 0.15) is 6.54 Å². The standard InChI is InChI=1S/C10H8F3N3OS/c11-10(12,13)5-1-2-7-6(3-5)15-9(18)16(7)4-8(14)17/h1-3H,4H2,(H2,14,17)(H,15,18). The number of imidazole rings is 1. The number of H-pyrrole nitrogens is 1. The SMILES string of the molecule is NC(=O)Cn1c(=S)[nH]c2cc(C(F)(F)F)ccc21. The molecule has 0 atom stereocenters. The lowest BCUT2D eigenvalue weighted by molar-refractivity contribution is -0.137. The first kappa shape index (κ1) is 12.6. The van der Waals surface area contributed by atoms with Crippen molar-refractivity contribution in [1.29, 1.82) is 0 Å². The summed E-state index contributed by atoms with van der Waals surface area (Å²) >= 11 is 4.93. The third kappa shape index (κ3) is 2.23. The first-order chi connectivity index (χ1) is 8.29. The Morgan fingerprint density at radius 1 is 1.44 bits per heavy atom. The van der Waals surface area contributed by atoms with Crippen LogP contribution in [0.15, 0.2) is 18.2 Å². The number of fused-ring (bicyclic) bond motifs is 1. The largest absolute Gasteiger partial charge is 0.416 e. The Balaban J connectivity index is 2.62. The summed E-state index contributed by atoms with van der Waals surface area (Å²) in [6, 6.07) is 3.14. The quantitative estimate of drug-likeness (QED) is 0.825. The maximum absolute atomic E-state index is 12.5. The topological polar surface area (TPSA) is 63.8 Å². The number of aromatic amines is 1. The first-order valence-corrected chi connectivity index (χ1v) is 5.28. The zero-order valence-electron chi connectivity index (χ0n) is 8.91. The zero-order valence-corrected chi connectivity index (χ0v) is 9.73. The molecule has 0 radical (unpaired) electrons. The van der Waals surface area contributed by atoms with E-state index in [1.165, 1.54) is 10.6 Å². The number of hydrogen-bond donors (Lipinski definition) is 2. The smallest absolute Gasteiger partial charge is 0.368 e. The van der Waals surface area contributed by atoms with Crippen LogP contribution in [0.5, 0.6) is 0 Å². The Labute approximate surface area is 104 Å². The molecule has 0 aliphatic carbocycles. The van der Waals surface area contributed by atoms with Crippen LogP contribution >= 0.6 is 12.2 Å². The average molecular weight is 275 g/mol. The summed E-state index contributed by atoms with van der Waals surface area (Å²) in [5.74, 6) is -0.619. The molecule has 3 N–H and O–H groups in total. The molecular weight excluding hydrogens is 267 g/mol. The summed E-state index contributed by atoms with van der Waals surface area (Å²) in [6.45, 7) is -0.176. The van der Waals surface area contributed by atoms with Gasteiger partial charge in [-0.05, 0) is 30.4 Å². The molecule has 8 heteroatoms. The normalized spacial score (nSPS) is 11.9. The number of aromatic nitrogens is 2. The predicted octanol–water partition coefficient (Wildman–Crippen LogP) is 2.20. The fourth-order valence-electron chi connectivity index (χ4n) is 1.65. The molecule has 2 rings (SSSR count). The van der Waals surface area contributed by atoms with Crippen LogP contribution in [0.1, 0.15) is 5.56 Å². The van der Waals surface area contributed by atoms with Crippen LogP contribution < -0.4 is 5.73 Å². The maximum Gasteiger partial charge on any atom is 0.416 e. The van der Waals surface area contributed by atoms with Crippen molar-refractivity contribution in [2.75, 3.05) is 0 Å². The number of benzene rings is 1. The lowest BCUT2D eigenvalue weighted by atomic mass is 10.2. The van der Waals surface area contributed by atoms with Gasteiger partial charge in [-0.1, -0.05) is 0 Å². The Hall–Kier alpha value is -1.83. The molecule has 0 aliphatic heterocycles. The molecule has 0 spiro atoms. The van der Waals surface area contributed by atoms with Crippen molar-refractivity contribution in [2.24, 2.45) is 5.73 Å². The molecule has 2 aromatic rings. The highest BCUT2D eigenvalue weighted by Crippen LogP contribution is 2.31. The fraction of sp³-hybridized carbons (Fsp3) is 0.200. The van der Waals surface area contributed by atoms with Gasteiger partial charge in [0.05, 0.1) is 16.6 Å². The minimum absolute atomic E-state index is 0.156. The van der Waals surface area contributed by atoms with Gasteiger partial charge in [-0.15, -0.1) is 0 Å². The third-order valence-corrected chi connectivity index (χ3v) is 2.74. The van der Waals surface area contributed by atoms with E-state index < -0.39 is 17.6 Å². The van der Waals surface area contributed by atoms with E-state index in [0.717, 1.165) is 12.1 Å². The molecule has 4 nitrogen and oxygen atoms in total. The predicted molar refractivity (Wildman–Crippen MR) is 61.3 cm³/mol. The average Bonchev–Trinajstić information content (AvgIpc) is 2.53. The van der Waals surface area contributed by atoms with Crippen LogP contribution in [0.25, 0.3) is 11.0 Å². The van der Waals surface area contributed by atoms with Crippen molar-refractivity contribution >= 4 is 29.2 Å². The van der Waals surface area contributed by atoms with Crippen LogP contribution in [0.3, 0.4) is 0 Å². The Morgan fingerprint density at radius 2 is 2.11 bits per heavy atom. The number of amides is 1. The number of nitrogens with one attached hydrogen (secondary N) is 1. The van der Waals surface area contributed by atoms with Crippen molar-refractivity contribution in [2.45, 2.75) is 12.7 Å². The van der Waals surface area contributed by atoms with Gasteiger partial charge in [-0.2, -0.15) is 13.2 Å². The molecule has 0 saturated carbocycles. The molecule has 1 aromatic carbocycles. The van der Waals surface area contributed by atoms with E-state index in [1.54, 1.807) is 0 Å². The summed E-state index contributed by atoms with van der Waals surface area (Å²) < 4.78 is 39.0. The summed E-state index contributed by atoms with van der Waals surface area (Å²) in [6.07, 6.45) is -4.42. The fourth-order valence-corrected chi connectivity index (χ4v) is 1.93. The van der Waals surface area contributed by atoms with Crippen molar-refractivity contribution in [1.82, 2.24) is 9.55 Å². The van der Waals surface area contributed by atoms with E-state index in [9.17, 15) is 18.0 Å². The zero-order chi connectivity index (χ0) is 13.5. The molecule has 0 fully saturated rings. The van der Waals surface area contributed by atoms with Crippen molar-refractivity contribution in [3.05, 3.63) is 28.5 Å². The number of alkyl halides is 3. The summed E-state index contributed by atoms with van der Waals surface area (Å²) in [7, 11) is 0. The van der Waals surface area contributed by atoms with Crippen LogP contribution in [0.2, 0.25) is 0 Å². The number of hydrogen-bond acceptors (Lipinski definition) is 2. The van der Waals surface area contributed by atoms with Gasteiger partial charge in [0.25, 0.3) is 0 Å². The molecule has 1 heterocycles. The van der Waals surface area contributed by atoms with Gasteiger partial charge in [0.15, 0.2) is 4.77 Å². The number of nitrogens with two attached hydrogens (primary N) is 1. The van der Waals surface area contributed by atoms with E-state index in [2.05, 4.69) is 4.98 Å². The molecule has 0 unspecified atom stereocenters. The first-order valence-electron chi connectivity index (χ1n) is 4.87. The van der Waals surface area contributed by atoms with Crippen molar-refractivity contribution in [3.8, 4) is 0 Å². The molecule has 1 amide bonds. The van der Waals surface area contributed by atoms with Crippen LogP contribution in [0, 0.1) is 4.77 Å². The number of carbonyl (C=O) groups is 1. The van der Waals surface area contributed by atoms with Gasteiger partial charge in [-0.3, -0.25) is 4.79 Å². The lowest BCUT2D eigenvalue weighted by Gasteiger charge is -2.06. The van der Waals surface area contributed by atoms with Gasteiger partial charge in [0, 0.05) is 0 Å². The lowest BCUT2D eigenvalue weighted by Crippen LogP contribution is -2.18. The van der Waals surface area contributed by atoms with Crippen LogP contribution in [-0.4, -0.2) is 15.5 Å². The molecule has 1 aromatic heterocycles. The van der Waals surface area contributed by atoms with Gasteiger partial charge >= 0.3 is 6.18 Å². The monoisotopic (exact) mass is 275 g/mol. The second-order valence-corrected chi connectivity index (χ2v) is 4.10. The maximum atomic E-state index is 12.5. The summed E-state index contributed by atoms with van der Waals surface area (Å²) in [5.41, 5.74) is 4.89. The second-order valence-electron chi connectivity index (χ2n) is 3.71. The highest BCUT2D eigenvalue weighted by molar-refractivity contribution is 7.71. The molecule has 18 heavy (non-hydrogen) atoms. The van der Waals surface area contributed by atoms with E-state index in [1.807, 2.05) is 0 Å². The highest BCUT2D eigenvalue weighted by Gasteiger charge is 2.30. The minimum atomic E-state index is -4.42. The van der Waals surface area contributed by atoms with E-state index >= 15 is 0 Å². The number of halogens is 3. The van der Waals surface area contributed by atoms with E-state index in [0.29, 0.717) is 5.52 Å². The third-order valence-electron chi connectivity index (χ3n) is 2.42. The van der Waals surface area contributed by atoms with Gasteiger partial charge < -0.3 is 15.3 Å². The van der Waals surface area contributed by atoms with Gasteiger partial charge in [0.2, 0.25) is 5.91 Å². The Bertz CT molecular complexity index is 671. The van der Waals surface area contributed by atoms with Crippen molar-refractivity contribution < 1.29 is 18.0 Å². The van der Waals surface area contributed by atoms with Crippen molar-refractivity contribution in [3.63, 3.8) is 0 Å². The number of nitrogens with zero attached hydrogens (tertiary/aromatic N) is 1.